The van der Waals surface area contributed by atoms with Gasteiger partial charge in [-0.15, -0.1) is 13.2 Å². The average Bonchev–Trinajstić information content (AvgIpc) is 3.00. The molecule has 2 aromatic carbocycles. The number of hydrogen-bond acceptors (Lipinski definition) is 3. The van der Waals surface area contributed by atoms with Crippen LogP contribution in [0.4, 0.5) is 18.0 Å². The molecule has 1 heterocycles. The summed E-state index contributed by atoms with van der Waals surface area (Å²) in [7, 11) is 1.59. The van der Waals surface area contributed by atoms with Gasteiger partial charge in [0.1, 0.15) is 11.5 Å². The number of carbonyl (C=O) groups is 1. The summed E-state index contributed by atoms with van der Waals surface area (Å²) in [4.78, 5) is 13.9. The molecule has 0 aliphatic carbocycles. The first-order chi connectivity index (χ1) is 12.9. The van der Waals surface area contributed by atoms with Gasteiger partial charge in [-0.05, 0) is 41.8 Å². The zero-order valence-electron chi connectivity index (χ0n) is 14.6. The lowest BCUT2D eigenvalue weighted by Crippen LogP contribution is -2.31. The number of amides is 2. The molecule has 1 N–H and O–H groups in total. The predicted molar refractivity (Wildman–Crippen MR) is 92.7 cm³/mol. The first kappa shape index (κ1) is 18.9. The second-order valence-corrected chi connectivity index (χ2v) is 6.11. The van der Waals surface area contributed by atoms with Crippen molar-refractivity contribution in [3.63, 3.8) is 0 Å². The molecular weight excluding hydrogens is 361 g/mol. The summed E-state index contributed by atoms with van der Waals surface area (Å²) in [5.41, 5.74) is 1.81. The number of ether oxygens (including phenoxy) is 2. The van der Waals surface area contributed by atoms with E-state index in [2.05, 4.69) is 10.1 Å². The number of halogens is 3. The van der Waals surface area contributed by atoms with Gasteiger partial charge in [-0.1, -0.05) is 24.3 Å². The monoisotopic (exact) mass is 380 g/mol. The van der Waals surface area contributed by atoms with Crippen LogP contribution in [0.3, 0.4) is 0 Å². The lowest BCUT2D eigenvalue weighted by atomic mass is 10.1. The van der Waals surface area contributed by atoms with E-state index in [0.29, 0.717) is 19.5 Å². The minimum atomic E-state index is -4.71. The Labute approximate surface area is 154 Å². The maximum atomic E-state index is 12.2. The van der Waals surface area contributed by atoms with Crippen molar-refractivity contribution in [3.05, 3.63) is 59.7 Å². The summed E-state index contributed by atoms with van der Waals surface area (Å²) in [5.74, 6) is 0.477. The number of nitrogens with one attached hydrogen (secondary N) is 1. The third-order valence-electron chi connectivity index (χ3n) is 4.38. The Kier molecular flexibility index (Phi) is 5.43. The largest absolute Gasteiger partial charge is 0.573 e. The molecule has 1 fully saturated rings. The molecule has 3 rings (SSSR count). The second-order valence-electron chi connectivity index (χ2n) is 6.11. The van der Waals surface area contributed by atoms with Crippen molar-refractivity contribution in [2.45, 2.75) is 18.8 Å². The van der Waals surface area contributed by atoms with Gasteiger partial charge in [0.15, 0.2) is 0 Å². The third kappa shape index (κ3) is 4.84. The fraction of sp³-hybridized carbons (Fsp3) is 0.316. The Morgan fingerprint density at radius 3 is 2.30 bits per heavy atom. The molecule has 5 nitrogen and oxygen atoms in total. The standard InChI is InChI=1S/C19H19F3N2O3/c1-26-15-8-4-14(5-9-15)17-12-23-18(25)24(17)11-10-13-2-6-16(7-3-13)27-19(20,21)22/h2-9,17H,10-12H2,1H3,(H,23,25). The van der Waals surface area contributed by atoms with Gasteiger partial charge in [-0.2, -0.15) is 0 Å². The Morgan fingerprint density at radius 1 is 1.07 bits per heavy atom. The second kappa shape index (κ2) is 7.77. The first-order valence-corrected chi connectivity index (χ1v) is 8.39. The van der Waals surface area contributed by atoms with Crippen molar-refractivity contribution in [3.8, 4) is 11.5 Å². The van der Waals surface area contributed by atoms with Gasteiger partial charge in [0.2, 0.25) is 0 Å². The first-order valence-electron chi connectivity index (χ1n) is 8.39. The number of alkyl halides is 3. The van der Waals surface area contributed by atoms with Crippen molar-refractivity contribution < 1.29 is 27.4 Å². The number of nitrogens with zero attached hydrogens (tertiary/aromatic N) is 1. The van der Waals surface area contributed by atoms with Gasteiger partial charge in [0, 0.05) is 13.1 Å². The maximum Gasteiger partial charge on any atom is 0.573 e. The summed E-state index contributed by atoms with van der Waals surface area (Å²) in [6.07, 6.45) is -4.19. The topological polar surface area (TPSA) is 50.8 Å². The van der Waals surface area contributed by atoms with Crippen LogP contribution < -0.4 is 14.8 Å². The SMILES string of the molecule is COc1ccc(C2CNC(=O)N2CCc2ccc(OC(F)(F)F)cc2)cc1. The van der Waals surface area contributed by atoms with Crippen molar-refractivity contribution in [1.29, 1.82) is 0 Å². The number of urea groups is 1. The van der Waals surface area contributed by atoms with Gasteiger partial charge >= 0.3 is 12.4 Å². The highest BCUT2D eigenvalue weighted by molar-refractivity contribution is 5.77. The number of rotatable bonds is 6. The van der Waals surface area contributed by atoms with Crippen LogP contribution in [0.1, 0.15) is 17.2 Å². The summed E-state index contributed by atoms with van der Waals surface area (Å²) in [6, 6.07) is 12.9. The van der Waals surface area contributed by atoms with Crippen molar-refractivity contribution in [1.82, 2.24) is 10.2 Å². The molecule has 0 aromatic heterocycles. The van der Waals surface area contributed by atoms with Gasteiger partial charge in [0.25, 0.3) is 0 Å². The molecule has 1 aliphatic rings. The summed E-state index contributed by atoms with van der Waals surface area (Å²) in [6.45, 7) is 0.950. The molecule has 27 heavy (non-hydrogen) atoms. The van der Waals surface area contributed by atoms with E-state index >= 15 is 0 Å². The minimum absolute atomic E-state index is 0.101. The van der Waals surface area contributed by atoms with E-state index in [-0.39, 0.29) is 17.8 Å². The van der Waals surface area contributed by atoms with Crippen LogP contribution in [0.25, 0.3) is 0 Å². The van der Waals surface area contributed by atoms with Crippen LogP contribution in [0.2, 0.25) is 0 Å². The van der Waals surface area contributed by atoms with Gasteiger partial charge in [0.05, 0.1) is 13.2 Å². The van der Waals surface area contributed by atoms with E-state index < -0.39 is 6.36 Å². The lowest BCUT2D eigenvalue weighted by molar-refractivity contribution is -0.274. The predicted octanol–water partition coefficient (Wildman–Crippen LogP) is 3.90. The Bertz CT molecular complexity index is 776. The highest BCUT2D eigenvalue weighted by Crippen LogP contribution is 2.27. The quantitative estimate of drug-likeness (QED) is 0.827. The van der Waals surface area contributed by atoms with Crippen LogP contribution in [0.15, 0.2) is 48.5 Å². The highest BCUT2D eigenvalue weighted by atomic mass is 19.4. The van der Waals surface area contributed by atoms with E-state index in [0.717, 1.165) is 16.9 Å². The van der Waals surface area contributed by atoms with Gasteiger partial charge in [-0.3, -0.25) is 0 Å². The van der Waals surface area contributed by atoms with Crippen molar-refractivity contribution >= 4 is 6.03 Å². The molecule has 0 spiro atoms. The van der Waals surface area contributed by atoms with Crippen LogP contribution >= 0.6 is 0 Å². The lowest BCUT2D eigenvalue weighted by Gasteiger charge is -2.23. The van der Waals surface area contributed by atoms with Crippen LogP contribution in [0.5, 0.6) is 11.5 Å². The fourth-order valence-electron chi connectivity index (χ4n) is 3.03. The number of benzene rings is 2. The van der Waals surface area contributed by atoms with Crippen molar-refractivity contribution in [2.75, 3.05) is 20.2 Å². The Hall–Kier alpha value is -2.90. The molecule has 1 saturated heterocycles. The van der Waals surface area contributed by atoms with Gasteiger partial charge < -0.3 is 19.7 Å². The molecule has 2 aromatic rings. The molecule has 1 atom stereocenters. The molecular formula is C19H19F3N2O3. The number of carbonyl (C=O) groups excluding carboxylic acids is 1. The normalized spacial score (nSPS) is 17.0. The summed E-state index contributed by atoms with van der Waals surface area (Å²) < 4.78 is 45.6. The minimum Gasteiger partial charge on any atom is -0.497 e. The van der Waals surface area contributed by atoms with E-state index in [1.807, 2.05) is 24.3 Å². The van der Waals surface area contributed by atoms with Crippen LogP contribution in [-0.2, 0) is 6.42 Å². The highest BCUT2D eigenvalue weighted by Gasteiger charge is 2.32. The van der Waals surface area contributed by atoms with Crippen molar-refractivity contribution in [2.24, 2.45) is 0 Å². The van der Waals surface area contributed by atoms with E-state index in [9.17, 15) is 18.0 Å². The number of methoxy groups -OCH3 is 1. The molecule has 144 valence electrons. The molecule has 0 saturated carbocycles. The third-order valence-corrected chi connectivity index (χ3v) is 4.38. The van der Waals surface area contributed by atoms with E-state index in [1.54, 1.807) is 24.1 Å². The molecule has 0 radical (unpaired) electrons. The Balaban J connectivity index is 1.63. The fourth-order valence-corrected chi connectivity index (χ4v) is 3.03. The zero-order chi connectivity index (χ0) is 19.4. The Morgan fingerprint density at radius 2 is 1.70 bits per heavy atom. The molecule has 0 bridgehead atoms. The van der Waals surface area contributed by atoms with Crippen LogP contribution in [0, 0.1) is 0 Å². The molecule has 8 heteroatoms. The van der Waals surface area contributed by atoms with E-state index in [4.69, 9.17) is 4.74 Å². The summed E-state index contributed by atoms with van der Waals surface area (Å²) in [5, 5.41) is 2.83. The average molecular weight is 380 g/mol. The summed E-state index contributed by atoms with van der Waals surface area (Å²) >= 11 is 0. The molecule has 1 aliphatic heterocycles. The molecule has 2 amide bonds. The molecule has 1 unspecified atom stereocenters. The maximum absolute atomic E-state index is 12.2. The number of hydrogen-bond donors (Lipinski definition) is 1. The zero-order valence-corrected chi connectivity index (χ0v) is 14.6. The van der Waals surface area contributed by atoms with E-state index in [1.165, 1.54) is 12.1 Å². The van der Waals surface area contributed by atoms with Crippen LogP contribution in [-0.4, -0.2) is 37.5 Å². The smallest absolute Gasteiger partial charge is 0.497 e. The van der Waals surface area contributed by atoms with Gasteiger partial charge in [-0.25, -0.2) is 4.79 Å².